The van der Waals surface area contributed by atoms with Gasteiger partial charge in [0.1, 0.15) is 5.75 Å². The number of aryl methyl sites for hydroxylation is 1. The largest absolute Gasteiger partial charge is 0.495 e. The molecule has 1 rings (SSSR count). The van der Waals surface area contributed by atoms with E-state index >= 15 is 0 Å². The van der Waals surface area contributed by atoms with Crippen LogP contribution in [0, 0.1) is 6.92 Å². The monoisotopic (exact) mass is 243 g/mol. The maximum absolute atomic E-state index is 9.38. The van der Waals surface area contributed by atoms with Gasteiger partial charge in [0, 0.05) is 0 Å². The Kier molecular flexibility index (Phi) is 4.59. The van der Waals surface area contributed by atoms with Crippen LogP contribution in [0.15, 0.2) is 12.1 Å². The Morgan fingerprint density at radius 2 is 2.06 bits per heavy atom. The van der Waals surface area contributed by atoms with E-state index in [1.807, 2.05) is 38.1 Å². The molecule has 1 atom stereocenters. The average molecular weight is 244 g/mol. The summed E-state index contributed by atoms with van der Waals surface area (Å²) in [4.78, 5) is 1.96. The topological polar surface area (TPSA) is 32.7 Å². The van der Waals surface area contributed by atoms with Crippen molar-refractivity contribution in [1.29, 1.82) is 0 Å². The van der Waals surface area contributed by atoms with Gasteiger partial charge in [0.25, 0.3) is 0 Å². The van der Waals surface area contributed by atoms with Gasteiger partial charge in [-0.3, -0.25) is 0 Å². The minimum absolute atomic E-state index is 0.0385. The van der Waals surface area contributed by atoms with E-state index in [1.165, 1.54) is 0 Å². The van der Waals surface area contributed by atoms with Gasteiger partial charge in [0.15, 0.2) is 0 Å². The molecule has 0 fully saturated rings. The van der Waals surface area contributed by atoms with Crippen LogP contribution in [-0.2, 0) is 0 Å². The zero-order chi connectivity index (χ0) is 12.3. The van der Waals surface area contributed by atoms with Crippen molar-refractivity contribution in [2.24, 2.45) is 0 Å². The first kappa shape index (κ1) is 13.3. The molecule has 0 amide bonds. The van der Waals surface area contributed by atoms with Crippen molar-refractivity contribution in [3.05, 3.63) is 28.3 Å². The Bertz CT molecular complexity index is 366. The van der Waals surface area contributed by atoms with Crippen LogP contribution in [0.25, 0.3) is 0 Å². The van der Waals surface area contributed by atoms with Crippen molar-refractivity contribution >= 4 is 11.6 Å². The van der Waals surface area contributed by atoms with Crippen molar-refractivity contribution in [2.75, 3.05) is 27.8 Å². The molecular formula is C12H18ClNO2. The Balaban J connectivity index is 3.18. The molecule has 0 aliphatic carbocycles. The lowest BCUT2D eigenvalue weighted by molar-refractivity contribution is 0.170. The maximum atomic E-state index is 9.38. The van der Waals surface area contributed by atoms with E-state index < -0.39 is 0 Å². The second-order valence-electron chi connectivity index (χ2n) is 4.01. The molecular weight excluding hydrogens is 226 g/mol. The predicted molar refractivity (Wildman–Crippen MR) is 66.3 cm³/mol. The molecule has 1 aromatic rings. The highest BCUT2D eigenvalue weighted by atomic mass is 35.5. The number of aliphatic hydroxyl groups is 1. The lowest BCUT2D eigenvalue weighted by atomic mass is 10.0. The highest BCUT2D eigenvalue weighted by Crippen LogP contribution is 2.32. The van der Waals surface area contributed by atoms with E-state index in [1.54, 1.807) is 7.11 Å². The number of benzene rings is 1. The highest BCUT2D eigenvalue weighted by Gasteiger charge is 2.17. The van der Waals surface area contributed by atoms with Gasteiger partial charge in [0.05, 0.1) is 24.8 Å². The zero-order valence-corrected chi connectivity index (χ0v) is 10.9. The summed E-state index contributed by atoms with van der Waals surface area (Å²) in [6.07, 6.45) is 0. The summed E-state index contributed by atoms with van der Waals surface area (Å²) in [6.45, 7) is 2.05. The molecule has 4 heteroatoms. The Morgan fingerprint density at radius 1 is 1.44 bits per heavy atom. The van der Waals surface area contributed by atoms with Crippen LogP contribution < -0.4 is 4.74 Å². The second-order valence-corrected chi connectivity index (χ2v) is 4.41. The fourth-order valence-corrected chi connectivity index (χ4v) is 1.97. The maximum Gasteiger partial charge on any atom is 0.137 e. The van der Waals surface area contributed by atoms with Gasteiger partial charge in [0.2, 0.25) is 0 Å². The smallest absolute Gasteiger partial charge is 0.137 e. The summed E-state index contributed by atoms with van der Waals surface area (Å²) < 4.78 is 5.15. The van der Waals surface area contributed by atoms with Crippen LogP contribution in [0.2, 0.25) is 5.02 Å². The quantitative estimate of drug-likeness (QED) is 0.881. The minimum Gasteiger partial charge on any atom is -0.495 e. The van der Waals surface area contributed by atoms with Crippen LogP contribution in [0.5, 0.6) is 5.75 Å². The number of hydrogen-bond acceptors (Lipinski definition) is 3. The number of hydrogen-bond donors (Lipinski definition) is 1. The average Bonchev–Trinajstić information content (AvgIpc) is 2.23. The molecule has 16 heavy (non-hydrogen) atoms. The molecule has 1 N–H and O–H groups in total. The number of ether oxygens (including phenoxy) is 1. The summed E-state index contributed by atoms with van der Waals surface area (Å²) in [5.41, 5.74) is 2.09. The molecule has 0 saturated carbocycles. The molecule has 0 radical (unpaired) electrons. The van der Waals surface area contributed by atoms with E-state index in [4.69, 9.17) is 16.3 Å². The number of nitrogens with zero attached hydrogens (tertiary/aromatic N) is 1. The summed E-state index contributed by atoms with van der Waals surface area (Å²) in [5, 5.41) is 9.95. The molecule has 0 aromatic heterocycles. The minimum atomic E-state index is -0.0385. The van der Waals surface area contributed by atoms with E-state index in [0.717, 1.165) is 11.1 Å². The normalized spacial score (nSPS) is 12.9. The van der Waals surface area contributed by atoms with Crippen molar-refractivity contribution in [2.45, 2.75) is 13.0 Å². The van der Waals surface area contributed by atoms with E-state index in [0.29, 0.717) is 10.8 Å². The molecule has 0 bridgehead atoms. The third-order valence-corrected chi connectivity index (χ3v) is 2.99. The first-order valence-electron chi connectivity index (χ1n) is 5.12. The van der Waals surface area contributed by atoms with Crippen molar-refractivity contribution in [1.82, 2.24) is 4.90 Å². The number of likely N-dealkylation sites (N-methyl/N-ethyl adjacent to an activating group) is 1. The van der Waals surface area contributed by atoms with Gasteiger partial charge in [-0.25, -0.2) is 0 Å². The van der Waals surface area contributed by atoms with Gasteiger partial charge in [-0.1, -0.05) is 11.6 Å². The number of rotatable bonds is 4. The van der Waals surface area contributed by atoms with Crippen LogP contribution >= 0.6 is 11.6 Å². The lowest BCUT2D eigenvalue weighted by Crippen LogP contribution is -2.23. The standard InChI is InChI=1S/C12H18ClNO2/c1-8-5-12(16-4)10(13)6-9(8)11(7-15)14(2)3/h5-6,11,15H,7H2,1-4H3. The second kappa shape index (κ2) is 5.53. The lowest BCUT2D eigenvalue weighted by Gasteiger charge is -2.24. The molecule has 0 spiro atoms. The Hall–Kier alpha value is -0.770. The summed E-state index contributed by atoms with van der Waals surface area (Å²) in [6, 6.07) is 3.71. The van der Waals surface area contributed by atoms with Crippen molar-refractivity contribution < 1.29 is 9.84 Å². The van der Waals surface area contributed by atoms with Crippen molar-refractivity contribution in [3.63, 3.8) is 0 Å². The van der Waals surface area contributed by atoms with Crippen LogP contribution in [-0.4, -0.2) is 37.8 Å². The summed E-state index contributed by atoms with van der Waals surface area (Å²) in [7, 11) is 5.45. The van der Waals surface area contributed by atoms with E-state index in [2.05, 4.69) is 0 Å². The van der Waals surface area contributed by atoms with Gasteiger partial charge in [-0.2, -0.15) is 0 Å². The number of halogens is 1. The first-order chi connectivity index (χ1) is 7.51. The van der Waals surface area contributed by atoms with Gasteiger partial charge >= 0.3 is 0 Å². The fraction of sp³-hybridized carbons (Fsp3) is 0.500. The molecule has 3 nitrogen and oxygen atoms in total. The molecule has 90 valence electrons. The van der Waals surface area contributed by atoms with Gasteiger partial charge in [-0.15, -0.1) is 0 Å². The number of methoxy groups -OCH3 is 1. The first-order valence-corrected chi connectivity index (χ1v) is 5.50. The third-order valence-electron chi connectivity index (χ3n) is 2.70. The molecule has 0 saturated heterocycles. The van der Waals surface area contributed by atoms with E-state index in [-0.39, 0.29) is 12.6 Å². The van der Waals surface area contributed by atoms with Crippen LogP contribution in [0.4, 0.5) is 0 Å². The van der Waals surface area contributed by atoms with Gasteiger partial charge in [-0.05, 0) is 44.3 Å². The molecule has 1 aromatic carbocycles. The Morgan fingerprint density at radius 3 is 2.50 bits per heavy atom. The fourth-order valence-electron chi connectivity index (χ4n) is 1.73. The Labute approximate surface area is 102 Å². The van der Waals surface area contributed by atoms with Crippen molar-refractivity contribution in [3.8, 4) is 5.75 Å². The molecule has 1 unspecified atom stereocenters. The van der Waals surface area contributed by atoms with E-state index in [9.17, 15) is 5.11 Å². The van der Waals surface area contributed by atoms with Crippen LogP contribution in [0.3, 0.4) is 0 Å². The SMILES string of the molecule is COc1cc(C)c(C(CO)N(C)C)cc1Cl. The molecule has 0 heterocycles. The number of aliphatic hydroxyl groups excluding tert-OH is 1. The highest BCUT2D eigenvalue weighted by molar-refractivity contribution is 6.32. The summed E-state index contributed by atoms with van der Waals surface area (Å²) in [5.74, 6) is 0.665. The predicted octanol–water partition coefficient (Wildman–Crippen LogP) is 2.25. The third kappa shape index (κ3) is 2.67. The molecule has 0 aliphatic heterocycles. The molecule has 0 aliphatic rings. The van der Waals surface area contributed by atoms with Crippen LogP contribution in [0.1, 0.15) is 17.2 Å². The zero-order valence-electron chi connectivity index (χ0n) is 10.1. The van der Waals surface area contributed by atoms with Gasteiger partial charge < -0.3 is 14.7 Å². The summed E-state index contributed by atoms with van der Waals surface area (Å²) >= 11 is 6.08.